The monoisotopic (exact) mass is 479 g/mol. The number of aromatic nitrogens is 4. The molecule has 2 bridgehead atoms. The predicted molar refractivity (Wildman–Crippen MR) is 136 cm³/mol. The Morgan fingerprint density at radius 1 is 1.40 bits per heavy atom. The number of nitrogens with one attached hydrogen (secondary N) is 2. The van der Waals surface area contributed by atoms with E-state index in [0.717, 1.165) is 16.8 Å². The molecule has 4 rings (SSSR count). The van der Waals surface area contributed by atoms with E-state index in [1.165, 1.54) is 18.5 Å². The molecule has 1 atom stereocenters. The number of halogens is 1. The maximum atomic E-state index is 14.1. The second kappa shape index (κ2) is 10.5. The van der Waals surface area contributed by atoms with E-state index in [4.69, 9.17) is 21.2 Å². The first kappa shape index (κ1) is 24.1. The Hall–Kier alpha value is -3.99. The van der Waals surface area contributed by atoms with Gasteiger partial charge in [-0.1, -0.05) is 13.5 Å². The number of fused-ring (bicyclic) bond motifs is 2. The molecule has 0 aliphatic carbocycles. The second-order valence-corrected chi connectivity index (χ2v) is 8.45. The summed E-state index contributed by atoms with van der Waals surface area (Å²) in [5.74, 6) is 0.611. The number of nitrogen functional groups attached to an aromatic ring is 1. The van der Waals surface area contributed by atoms with Crippen LogP contribution in [-0.2, 0) is 17.7 Å². The lowest BCUT2D eigenvalue weighted by Gasteiger charge is -2.17. The number of rotatable bonds is 5. The van der Waals surface area contributed by atoms with Crippen LogP contribution in [0.15, 0.2) is 36.2 Å². The molecule has 11 heteroatoms. The van der Waals surface area contributed by atoms with Gasteiger partial charge < -0.3 is 26.8 Å². The maximum absolute atomic E-state index is 14.1. The molecule has 1 unspecified atom stereocenters. The lowest BCUT2D eigenvalue weighted by molar-refractivity contribution is 0.208. The van der Waals surface area contributed by atoms with Crippen molar-refractivity contribution in [3.8, 4) is 0 Å². The Kier molecular flexibility index (Phi) is 7.25. The third-order valence-electron chi connectivity index (χ3n) is 5.81. The molecule has 6 N–H and O–H groups in total. The average molecular weight is 480 g/mol. The van der Waals surface area contributed by atoms with Crippen molar-refractivity contribution >= 4 is 34.8 Å². The number of hydrogen-bond donors (Lipinski definition) is 4. The first-order chi connectivity index (χ1) is 16.9. The van der Waals surface area contributed by atoms with E-state index in [1.807, 2.05) is 0 Å². The molecule has 0 saturated heterocycles. The van der Waals surface area contributed by atoms with Gasteiger partial charge in [-0.2, -0.15) is 9.61 Å². The van der Waals surface area contributed by atoms with Gasteiger partial charge in [-0.15, -0.1) is 0 Å². The summed E-state index contributed by atoms with van der Waals surface area (Å²) in [6.45, 7) is 8.15. The standard InChI is InChI=1S/C24H30FN9O/c1-14-6-20-16(7-18(25)12-30-20)11-31-23-21(17(8-26)10-28-4-5-35-3)22(27)34-24(33-23)19(13-32-34)15(2)29-9-14/h7-8,10,12-14,29H,2,4-6,9,11,26-27H2,1,3H3,(H,31,33). The molecule has 1 aliphatic rings. The minimum atomic E-state index is -0.400. The van der Waals surface area contributed by atoms with E-state index in [1.54, 1.807) is 24.0 Å². The summed E-state index contributed by atoms with van der Waals surface area (Å²) in [7, 11) is 1.61. The van der Waals surface area contributed by atoms with Crippen LogP contribution < -0.4 is 22.1 Å². The van der Waals surface area contributed by atoms with Gasteiger partial charge in [0.1, 0.15) is 17.5 Å². The summed E-state index contributed by atoms with van der Waals surface area (Å²) in [6.07, 6.45) is 6.63. The van der Waals surface area contributed by atoms with Gasteiger partial charge in [0.2, 0.25) is 0 Å². The molecule has 0 saturated carbocycles. The van der Waals surface area contributed by atoms with E-state index in [2.05, 4.69) is 39.2 Å². The van der Waals surface area contributed by atoms with Crippen molar-refractivity contribution in [2.24, 2.45) is 16.6 Å². The minimum Gasteiger partial charge on any atom is -0.404 e. The topological polar surface area (TPSA) is 141 Å². The quantitative estimate of drug-likeness (QED) is 0.323. The molecule has 0 spiro atoms. The number of hydrogen-bond acceptors (Lipinski definition) is 9. The van der Waals surface area contributed by atoms with Crippen LogP contribution in [0.5, 0.6) is 0 Å². The third-order valence-corrected chi connectivity index (χ3v) is 5.81. The zero-order valence-corrected chi connectivity index (χ0v) is 19.9. The lowest BCUT2D eigenvalue weighted by Crippen LogP contribution is -2.21. The summed E-state index contributed by atoms with van der Waals surface area (Å²) in [5, 5.41) is 11.1. The lowest BCUT2D eigenvalue weighted by atomic mass is 10.0. The Labute approximate surface area is 203 Å². The summed E-state index contributed by atoms with van der Waals surface area (Å²) >= 11 is 0. The number of ether oxygens (including phenoxy) is 1. The first-order valence-corrected chi connectivity index (χ1v) is 11.3. The molecule has 0 fully saturated rings. The highest BCUT2D eigenvalue weighted by Gasteiger charge is 2.22. The van der Waals surface area contributed by atoms with E-state index in [-0.39, 0.29) is 5.92 Å². The molecule has 10 nitrogen and oxygen atoms in total. The van der Waals surface area contributed by atoms with Crippen LogP contribution in [0.3, 0.4) is 0 Å². The Balaban J connectivity index is 1.86. The van der Waals surface area contributed by atoms with E-state index >= 15 is 0 Å². The predicted octanol–water partition coefficient (Wildman–Crippen LogP) is 2.23. The zero-order valence-electron chi connectivity index (χ0n) is 19.9. The number of nitrogens with two attached hydrogens (primary N) is 2. The van der Waals surface area contributed by atoms with Crippen LogP contribution in [0.1, 0.15) is 29.3 Å². The van der Waals surface area contributed by atoms with E-state index in [0.29, 0.717) is 66.8 Å². The molecule has 0 aromatic carbocycles. The molecule has 184 valence electrons. The second-order valence-electron chi connectivity index (χ2n) is 8.45. The summed E-state index contributed by atoms with van der Waals surface area (Å²) < 4.78 is 20.7. The van der Waals surface area contributed by atoms with Crippen LogP contribution in [-0.4, -0.2) is 52.6 Å². The fourth-order valence-corrected chi connectivity index (χ4v) is 3.96. The number of allylic oxidation sites excluding steroid dienone is 1. The number of pyridine rings is 1. The third kappa shape index (κ3) is 5.09. The maximum Gasteiger partial charge on any atom is 0.169 e. The highest BCUT2D eigenvalue weighted by atomic mass is 19.1. The SMILES string of the molecule is C=C1NCC(C)Cc2ncc(F)cc2CNc2nc3c1cnn3c(N)c2C(C=NCCOC)=CN. The molecule has 35 heavy (non-hydrogen) atoms. The molecule has 1 aliphatic heterocycles. The Morgan fingerprint density at radius 3 is 3.00 bits per heavy atom. The van der Waals surface area contributed by atoms with E-state index in [9.17, 15) is 4.39 Å². The summed E-state index contributed by atoms with van der Waals surface area (Å²) in [4.78, 5) is 13.6. The molecule has 0 radical (unpaired) electrons. The van der Waals surface area contributed by atoms with Crippen LogP contribution >= 0.6 is 0 Å². The van der Waals surface area contributed by atoms with Gasteiger partial charge in [-0.25, -0.2) is 9.37 Å². The van der Waals surface area contributed by atoms with Gasteiger partial charge in [0.05, 0.1) is 36.7 Å². The number of aliphatic imine (C=N–C) groups is 1. The molecule has 3 aromatic heterocycles. The van der Waals surface area contributed by atoms with Gasteiger partial charge in [-0.05, 0) is 24.0 Å². The summed E-state index contributed by atoms with van der Waals surface area (Å²) in [6, 6.07) is 1.49. The highest BCUT2D eigenvalue weighted by molar-refractivity contribution is 6.13. The van der Waals surface area contributed by atoms with Gasteiger partial charge in [0.15, 0.2) is 5.65 Å². The van der Waals surface area contributed by atoms with Crippen molar-refractivity contribution in [1.82, 2.24) is 24.9 Å². The van der Waals surface area contributed by atoms with E-state index < -0.39 is 5.82 Å². The first-order valence-electron chi connectivity index (χ1n) is 11.3. The van der Waals surface area contributed by atoms with Gasteiger partial charge >= 0.3 is 0 Å². The fraction of sp³-hybridized carbons (Fsp3) is 0.333. The molecule has 4 heterocycles. The fourth-order valence-electron chi connectivity index (χ4n) is 3.96. The zero-order chi connectivity index (χ0) is 24.9. The van der Waals surface area contributed by atoms with Crippen molar-refractivity contribution in [3.63, 3.8) is 0 Å². The van der Waals surface area contributed by atoms with Crippen LogP contribution in [0.25, 0.3) is 16.9 Å². The van der Waals surface area contributed by atoms with Gasteiger partial charge in [0, 0.05) is 49.6 Å². The molecular weight excluding hydrogens is 449 g/mol. The van der Waals surface area contributed by atoms with Crippen LogP contribution in [0.2, 0.25) is 0 Å². The van der Waals surface area contributed by atoms with Crippen LogP contribution in [0, 0.1) is 11.7 Å². The van der Waals surface area contributed by atoms with Gasteiger partial charge in [0.25, 0.3) is 0 Å². The highest BCUT2D eigenvalue weighted by Crippen LogP contribution is 2.31. The average Bonchev–Trinajstić information content (AvgIpc) is 3.27. The summed E-state index contributed by atoms with van der Waals surface area (Å²) in [5.41, 5.74) is 17.1. The number of nitrogens with zero attached hydrogens (tertiary/aromatic N) is 5. The van der Waals surface area contributed by atoms with Crippen molar-refractivity contribution < 1.29 is 9.13 Å². The normalized spacial score (nSPS) is 16.9. The van der Waals surface area contributed by atoms with Crippen molar-refractivity contribution in [2.75, 3.05) is 37.9 Å². The van der Waals surface area contributed by atoms with Gasteiger partial charge in [-0.3, -0.25) is 9.98 Å². The van der Waals surface area contributed by atoms with Crippen molar-refractivity contribution in [2.45, 2.75) is 19.9 Å². The number of anilines is 2. The molecular formula is C24H30FN9O. The molecule has 0 amide bonds. The Bertz CT molecular complexity index is 1300. The van der Waals surface area contributed by atoms with Crippen molar-refractivity contribution in [1.29, 1.82) is 0 Å². The number of methoxy groups -OCH3 is 1. The van der Waals surface area contributed by atoms with Crippen LogP contribution in [0.4, 0.5) is 16.0 Å². The largest absolute Gasteiger partial charge is 0.404 e. The minimum absolute atomic E-state index is 0.224. The molecule has 3 aromatic rings. The van der Waals surface area contributed by atoms with Crippen molar-refractivity contribution in [3.05, 3.63) is 59.4 Å². The Morgan fingerprint density at radius 2 is 2.23 bits per heavy atom. The smallest absolute Gasteiger partial charge is 0.169 e.